The highest BCUT2D eigenvalue weighted by molar-refractivity contribution is 5.85. The molecule has 0 spiro atoms. The van der Waals surface area contributed by atoms with Gasteiger partial charge in [0.1, 0.15) is 12.3 Å². The van der Waals surface area contributed by atoms with Crippen molar-refractivity contribution in [3.63, 3.8) is 0 Å². The van der Waals surface area contributed by atoms with E-state index in [2.05, 4.69) is 22.2 Å². The third-order valence-electron chi connectivity index (χ3n) is 3.47. The molecule has 2 aromatic rings. The molecule has 2 N–H and O–H groups in total. The first-order chi connectivity index (χ1) is 10.8. The third-order valence-corrected chi connectivity index (χ3v) is 3.47. The first-order valence-electron chi connectivity index (χ1n) is 6.99. The number of hydrogen-bond acceptors (Lipinski definition) is 5. The number of anilines is 2. The Kier molecular flexibility index (Phi) is 3.74. The van der Waals surface area contributed by atoms with Crippen LogP contribution >= 0.6 is 0 Å². The third kappa shape index (κ3) is 2.18. The highest BCUT2D eigenvalue weighted by atomic mass is 16.5. The van der Waals surface area contributed by atoms with Gasteiger partial charge in [0, 0.05) is 12.1 Å². The second-order valence-electron chi connectivity index (χ2n) is 4.79. The zero-order valence-electron chi connectivity index (χ0n) is 12.3. The van der Waals surface area contributed by atoms with Gasteiger partial charge in [-0.25, -0.2) is 0 Å². The molecule has 0 bridgehead atoms. The Morgan fingerprint density at radius 3 is 3.00 bits per heavy atom. The van der Waals surface area contributed by atoms with Gasteiger partial charge in [-0.1, -0.05) is 29.3 Å². The van der Waals surface area contributed by atoms with E-state index in [0.717, 1.165) is 17.5 Å². The van der Waals surface area contributed by atoms with Crippen LogP contribution < -0.4 is 19.9 Å². The Morgan fingerprint density at radius 2 is 2.27 bits per heavy atom. The molecule has 0 saturated carbocycles. The van der Waals surface area contributed by atoms with Crippen molar-refractivity contribution in [2.75, 3.05) is 24.2 Å². The normalized spacial score (nSPS) is 11.7. The Bertz CT molecular complexity index is 743. The summed E-state index contributed by atoms with van der Waals surface area (Å²) in [5, 5.41) is 6.12. The number of carbonyl (C=O) groups is 1. The molecule has 3 rings (SSSR count). The molecule has 0 unspecified atom stereocenters. The molecule has 6 heteroatoms. The predicted octanol–water partition coefficient (Wildman–Crippen LogP) is 1.70. The fraction of sp³-hybridized carbons (Fsp3) is 0.188. The van der Waals surface area contributed by atoms with Gasteiger partial charge in [-0.15, -0.1) is 6.58 Å². The number of para-hydroxylation sites is 1. The summed E-state index contributed by atoms with van der Waals surface area (Å²) in [6, 6.07) is 7.89. The summed E-state index contributed by atoms with van der Waals surface area (Å²) in [4.78, 5) is 16.0. The number of aldehydes is 1. The highest BCUT2D eigenvalue weighted by Gasteiger charge is 2.31. The molecule has 1 aromatic heterocycles. The largest absolute Gasteiger partial charge is 0.462 e. The lowest BCUT2D eigenvalue weighted by Gasteiger charge is -2.21. The number of benzene rings is 1. The summed E-state index contributed by atoms with van der Waals surface area (Å²) < 4.78 is 7.64. The van der Waals surface area contributed by atoms with E-state index in [0.29, 0.717) is 36.4 Å². The molecule has 0 amide bonds. The van der Waals surface area contributed by atoms with Crippen molar-refractivity contribution in [1.29, 1.82) is 0 Å². The number of carbonyl (C=O) groups excluding carboxylic acids is 1. The molecule has 0 saturated heterocycles. The topological polar surface area (TPSA) is 67.1 Å². The van der Waals surface area contributed by atoms with Gasteiger partial charge in [-0.3, -0.25) is 10.1 Å². The second kappa shape index (κ2) is 5.85. The first-order valence-corrected chi connectivity index (χ1v) is 6.99. The van der Waals surface area contributed by atoms with Crippen LogP contribution in [0.1, 0.15) is 15.9 Å². The number of aromatic nitrogens is 2. The molecule has 0 atom stereocenters. The summed E-state index contributed by atoms with van der Waals surface area (Å²) in [6.45, 7) is 4.59. The van der Waals surface area contributed by atoms with Gasteiger partial charge in [0.2, 0.25) is 5.82 Å². The van der Waals surface area contributed by atoms with Crippen molar-refractivity contribution in [3.05, 3.63) is 48.0 Å². The number of rotatable bonds is 5. The number of ether oxygens (including phenoxy) is 1. The van der Waals surface area contributed by atoms with E-state index >= 15 is 0 Å². The SMILES string of the molecule is C=CCNc1nc(NC)[n+]2c(c1C=O)OCc1ccccc1-2. The van der Waals surface area contributed by atoms with Gasteiger partial charge >= 0.3 is 5.95 Å². The van der Waals surface area contributed by atoms with Gasteiger partial charge in [-0.05, 0) is 6.07 Å². The maximum absolute atomic E-state index is 11.6. The average molecular weight is 297 g/mol. The van der Waals surface area contributed by atoms with Crippen LogP contribution in [0.25, 0.3) is 5.69 Å². The summed E-state index contributed by atoms with van der Waals surface area (Å²) in [5.74, 6) is 1.56. The zero-order chi connectivity index (χ0) is 15.5. The van der Waals surface area contributed by atoms with Crippen LogP contribution in [0.5, 0.6) is 5.88 Å². The first kappa shape index (κ1) is 14.1. The lowest BCUT2D eigenvalue weighted by Crippen LogP contribution is -2.42. The molecule has 6 nitrogen and oxygen atoms in total. The minimum absolute atomic E-state index is 0.398. The maximum atomic E-state index is 11.6. The number of fused-ring (bicyclic) bond motifs is 3. The van der Waals surface area contributed by atoms with E-state index < -0.39 is 0 Å². The Hall–Kier alpha value is -2.89. The monoisotopic (exact) mass is 297 g/mol. The van der Waals surface area contributed by atoms with Gasteiger partial charge in [0.05, 0.1) is 7.05 Å². The van der Waals surface area contributed by atoms with E-state index in [1.807, 2.05) is 28.8 Å². The van der Waals surface area contributed by atoms with E-state index in [1.54, 1.807) is 13.1 Å². The Balaban J connectivity index is 2.25. The Morgan fingerprint density at radius 1 is 1.45 bits per heavy atom. The maximum Gasteiger partial charge on any atom is 0.401 e. The van der Waals surface area contributed by atoms with Crippen LogP contribution in [-0.4, -0.2) is 24.9 Å². The number of hydrogen-bond donors (Lipinski definition) is 2. The van der Waals surface area contributed by atoms with Gasteiger partial charge in [0.25, 0.3) is 5.88 Å². The predicted molar refractivity (Wildman–Crippen MR) is 83.7 cm³/mol. The molecule has 1 aromatic carbocycles. The summed E-state index contributed by atoms with van der Waals surface area (Å²) >= 11 is 0. The van der Waals surface area contributed by atoms with Crippen molar-refractivity contribution in [1.82, 2.24) is 4.98 Å². The van der Waals surface area contributed by atoms with Crippen LogP contribution in [0.2, 0.25) is 0 Å². The minimum atomic E-state index is 0.398. The quantitative estimate of drug-likeness (QED) is 0.499. The summed E-state index contributed by atoms with van der Waals surface area (Å²) in [7, 11) is 1.78. The van der Waals surface area contributed by atoms with Gasteiger partial charge < -0.3 is 10.1 Å². The minimum Gasteiger partial charge on any atom is -0.462 e. The molecule has 0 fully saturated rings. The van der Waals surface area contributed by atoms with Crippen LogP contribution in [0.3, 0.4) is 0 Å². The van der Waals surface area contributed by atoms with Crippen molar-refractivity contribution in [2.45, 2.75) is 6.61 Å². The second-order valence-corrected chi connectivity index (χ2v) is 4.79. The van der Waals surface area contributed by atoms with Crippen molar-refractivity contribution < 1.29 is 14.1 Å². The molecular weight excluding hydrogens is 280 g/mol. The average Bonchev–Trinajstić information content (AvgIpc) is 2.58. The lowest BCUT2D eigenvalue weighted by atomic mass is 10.1. The molecule has 22 heavy (non-hydrogen) atoms. The van der Waals surface area contributed by atoms with E-state index in [-0.39, 0.29) is 0 Å². The lowest BCUT2D eigenvalue weighted by molar-refractivity contribution is -0.597. The molecule has 0 aliphatic carbocycles. The summed E-state index contributed by atoms with van der Waals surface area (Å²) in [6.07, 6.45) is 2.47. The smallest absolute Gasteiger partial charge is 0.401 e. The van der Waals surface area contributed by atoms with Crippen LogP contribution in [0.4, 0.5) is 11.8 Å². The van der Waals surface area contributed by atoms with E-state index in [4.69, 9.17) is 4.74 Å². The van der Waals surface area contributed by atoms with Crippen LogP contribution in [0.15, 0.2) is 36.9 Å². The molecule has 2 heterocycles. The zero-order valence-corrected chi connectivity index (χ0v) is 12.3. The standard InChI is InChI=1S/C16H16N4O2/c1-3-8-18-14-12(9-21)15-20(16(17-2)19-14)13-7-5-4-6-11(13)10-22-15/h3-7,9H,1,8,10H2,2H3,(H,17,18,19)/p+1. The summed E-state index contributed by atoms with van der Waals surface area (Å²) in [5.41, 5.74) is 2.40. The van der Waals surface area contributed by atoms with E-state index in [1.165, 1.54) is 0 Å². The Labute approximate surface area is 128 Å². The molecule has 1 aliphatic rings. The molecule has 112 valence electrons. The van der Waals surface area contributed by atoms with Gasteiger partial charge in [0.15, 0.2) is 11.8 Å². The van der Waals surface area contributed by atoms with Crippen molar-refractivity contribution >= 4 is 18.1 Å². The number of nitrogens with one attached hydrogen (secondary N) is 2. The van der Waals surface area contributed by atoms with E-state index in [9.17, 15) is 4.79 Å². The van der Waals surface area contributed by atoms with Crippen molar-refractivity contribution in [3.8, 4) is 11.6 Å². The van der Waals surface area contributed by atoms with Crippen LogP contribution in [0, 0.1) is 0 Å². The van der Waals surface area contributed by atoms with Gasteiger partial charge in [-0.2, -0.15) is 4.57 Å². The number of nitrogens with zero attached hydrogens (tertiary/aromatic N) is 2. The molecule has 1 aliphatic heterocycles. The fourth-order valence-electron chi connectivity index (χ4n) is 2.47. The fourth-order valence-corrected chi connectivity index (χ4v) is 2.47. The van der Waals surface area contributed by atoms with Crippen molar-refractivity contribution in [2.24, 2.45) is 0 Å². The van der Waals surface area contributed by atoms with Crippen LogP contribution in [-0.2, 0) is 6.61 Å². The highest BCUT2D eigenvalue weighted by Crippen LogP contribution is 2.28. The molecular formula is C16H17N4O2+. The molecule has 0 radical (unpaired) electrons.